The van der Waals surface area contributed by atoms with Gasteiger partial charge in [-0.2, -0.15) is 0 Å². The molecule has 2 atom stereocenters. The van der Waals surface area contributed by atoms with E-state index in [0.29, 0.717) is 25.4 Å². The summed E-state index contributed by atoms with van der Waals surface area (Å²) in [6.07, 6.45) is 2.09. The van der Waals surface area contributed by atoms with Crippen LogP contribution in [0.15, 0.2) is 24.3 Å². The fourth-order valence-corrected chi connectivity index (χ4v) is 2.96. The summed E-state index contributed by atoms with van der Waals surface area (Å²) < 4.78 is 0. The molecule has 4 nitrogen and oxygen atoms in total. The summed E-state index contributed by atoms with van der Waals surface area (Å²) in [4.78, 5) is 14.1. The molecule has 0 spiro atoms. The van der Waals surface area contributed by atoms with Gasteiger partial charge in [-0.3, -0.25) is 4.79 Å². The van der Waals surface area contributed by atoms with Crippen LogP contribution in [0.4, 0.5) is 0 Å². The Morgan fingerprint density at radius 2 is 2.09 bits per heavy atom. The molecule has 23 heavy (non-hydrogen) atoms. The van der Waals surface area contributed by atoms with Gasteiger partial charge in [0.15, 0.2) is 0 Å². The van der Waals surface area contributed by atoms with Crippen molar-refractivity contribution < 1.29 is 9.90 Å². The van der Waals surface area contributed by atoms with Crippen molar-refractivity contribution in [2.24, 2.45) is 5.92 Å². The van der Waals surface area contributed by atoms with Crippen molar-refractivity contribution in [3.05, 3.63) is 35.4 Å². The molecule has 1 aliphatic rings. The third-order valence-corrected chi connectivity index (χ3v) is 4.52. The van der Waals surface area contributed by atoms with Gasteiger partial charge in [0.25, 0.3) is 0 Å². The molecule has 0 bridgehead atoms. The minimum Gasteiger partial charge on any atom is -0.387 e. The van der Waals surface area contributed by atoms with E-state index >= 15 is 0 Å². The van der Waals surface area contributed by atoms with Crippen LogP contribution in [-0.2, 0) is 4.79 Å². The number of amides is 1. The van der Waals surface area contributed by atoms with E-state index in [1.54, 1.807) is 4.90 Å². The maximum atomic E-state index is 12.3. The second-order valence-electron chi connectivity index (χ2n) is 6.26. The maximum Gasteiger partial charge on any atom is 0.222 e. The Hall–Kier alpha value is -1.10. The smallest absolute Gasteiger partial charge is 0.222 e. The number of carbonyl (C=O) groups is 1. The van der Waals surface area contributed by atoms with E-state index < -0.39 is 6.10 Å². The topological polar surface area (TPSA) is 52.6 Å². The highest BCUT2D eigenvalue weighted by Gasteiger charge is 2.20. The molecule has 0 aliphatic carbocycles. The van der Waals surface area contributed by atoms with Crippen LogP contribution in [0.3, 0.4) is 0 Å². The lowest BCUT2D eigenvalue weighted by molar-refractivity contribution is -0.132. The van der Waals surface area contributed by atoms with Crippen molar-refractivity contribution in [2.75, 3.05) is 26.2 Å². The summed E-state index contributed by atoms with van der Waals surface area (Å²) in [5.74, 6) is 0.783. The van der Waals surface area contributed by atoms with Crippen LogP contribution in [0, 0.1) is 12.8 Å². The molecule has 1 fully saturated rings. The van der Waals surface area contributed by atoms with Gasteiger partial charge in [0.05, 0.1) is 12.6 Å². The number of nitrogens with one attached hydrogen (secondary N) is 1. The monoisotopic (exact) mass is 340 g/mol. The Bertz CT molecular complexity index is 472. The number of aliphatic hydroxyl groups is 1. The number of benzene rings is 1. The fraction of sp³-hybridized carbons (Fsp3) is 0.611. The summed E-state index contributed by atoms with van der Waals surface area (Å²) in [7, 11) is 0. The molecule has 130 valence electrons. The average molecular weight is 341 g/mol. The van der Waals surface area contributed by atoms with Crippen LogP contribution in [0.25, 0.3) is 0 Å². The van der Waals surface area contributed by atoms with E-state index in [4.69, 9.17) is 0 Å². The Labute approximate surface area is 145 Å². The number of aliphatic hydroxyl groups excluding tert-OH is 1. The number of likely N-dealkylation sites (N-methyl/N-ethyl adjacent to an activating group) is 1. The third-order valence-electron chi connectivity index (χ3n) is 4.52. The first-order valence-corrected chi connectivity index (χ1v) is 8.33. The summed E-state index contributed by atoms with van der Waals surface area (Å²) in [6.45, 7) is 7.12. The minimum atomic E-state index is -0.613. The normalized spacial score (nSPS) is 18.3. The number of carbonyl (C=O) groups excluding carboxylic acids is 1. The molecule has 1 saturated heterocycles. The second-order valence-corrected chi connectivity index (χ2v) is 6.26. The zero-order chi connectivity index (χ0) is 15.9. The van der Waals surface area contributed by atoms with Crippen LogP contribution >= 0.6 is 12.4 Å². The first-order chi connectivity index (χ1) is 10.6. The lowest BCUT2D eigenvalue weighted by Gasteiger charge is -2.25. The molecule has 2 unspecified atom stereocenters. The van der Waals surface area contributed by atoms with Crippen LogP contribution in [-0.4, -0.2) is 42.1 Å². The highest BCUT2D eigenvalue weighted by Crippen LogP contribution is 2.18. The number of halogens is 1. The third kappa shape index (κ3) is 6.13. The number of hydrogen-bond acceptors (Lipinski definition) is 3. The predicted octanol–water partition coefficient (Wildman–Crippen LogP) is 2.69. The van der Waals surface area contributed by atoms with Gasteiger partial charge in [0.2, 0.25) is 5.91 Å². The Morgan fingerprint density at radius 1 is 1.39 bits per heavy atom. The van der Waals surface area contributed by atoms with E-state index in [9.17, 15) is 9.90 Å². The summed E-state index contributed by atoms with van der Waals surface area (Å²) in [5.41, 5.74) is 2.04. The quantitative estimate of drug-likeness (QED) is 0.802. The van der Waals surface area contributed by atoms with E-state index in [1.165, 1.54) is 12.0 Å². The van der Waals surface area contributed by atoms with Gasteiger partial charge in [-0.25, -0.2) is 0 Å². The Balaban J connectivity index is 0.00000264. The average Bonchev–Trinajstić information content (AvgIpc) is 3.04. The molecule has 1 aliphatic heterocycles. The van der Waals surface area contributed by atoms with E-state index in [-0.39, 0.29) is 18.3 Å². The molecule has 5 heteroatoms. The minimum absolute atomic E-state index is 0. The highest BCUT2D eigenvalue weighted by atomic mass is 35.5. The largest absolute Gasteiger partial charge is 0.387 e. The number of aryl methyl sites for hydroxylation is 1. The Kier molecular flexibility index (Phi) is 8.59. The van der Waals surface area contributed by atoms with Crippen LogP contribution < -0.4 is 5.32 Å². The van der Waals surface area contributed by atoms with Crippen molar-refractivity contribution in [1.82, 2.24) is 10.2 Å². The molecule has 1 amide bonds. The summed E-state index contributed by atoms with van der Waals surface area (Å²) in [6, 6.07) is 7.85. The van der Waals surface area contributed by atoms with Crippen molar-refractivity contribution in [1.29, 1.82) is 0 Å². The first-order valence-electron chi connectivity index (χ1n) is 8.33. The SMILES string of the molecule is CCN(CC(O)c1ccc(C)cc1)C(=O)CCC1CCNC1.Cl. The highest BCUT2D eigenvalue weighted by molar-refractivity contribution is 5.85. The molecule has 2 rings (SSSR count). The lowest BCUT2D eigenvalue weighted by atomic mass is 10.0. The summed E-state index contributed by atoms with van der Waals surface area (Å²) >= 11 is 0. The lowest BCUT2D eigenvalue weighted by Crippen LogP contribution is -2.34. The van der Waals surface area contributed by atoms with Gasteiger partial charge in [0, 0.05) is 13.0 Å². The van der Waals surface area contributed by atoms with E-state index in [1.807, 2.05) is 38.1 Å². The first kappa shape index (κ1) is 19.9. The van der Waals surface area contributed by atoms with Gasteiger partial charge in [0.1, 0.15) is 0 Å². The van der Waals surface area contributed by atoms with Gasteiger partial charge in [-0.1, -0.05) is 29.8 Å². The van der Waals surface area contributed by atoms with E-state index in [2.05, 4.69) is 5.32 Å². The van der Waals surface area contributed by atoms with Crippen LogP contribution in [0.5, 0.6) is 0 Å². The van der Waals surface area contributed by atoms with Gasteiger partial charge in [-0.05, 0) is 51.3 Å². The maximum absolute atomic E-state index is 12.3. The zero-order valence-electron chi connectivity index (χ0n) is 14.1. The number of rotatable bonds is 7. The molecule has 2 N–H and O–H groups in total. The van der Waals surface area contributed by atoms with Gasteiger partial charge in [-0.15, -0.1) is 12.4 Å². The second kappa shape index (κ2) is 9.91. The van der Waals surface area contributed by atoms with Crippen molar-refractivity contribution in [2.45, 2.75) is 39.2 Å². The van der Waals surface area contributed by atoms with Gasteiger partial charge >= 0.3 is 0 Å². The van der Waals surface area contributed by atoms with Gasteiger partial charge < -0.3 is 15.3 Å². The molecule has 0 radical (unpaired) electrons. The standard InChI is InChI=1S/C18H28N2O2.ClH/c1-3-20(18(22)9-6-15-10-11-19-12-15)13-17(21)16-7-4-14(2)5-8-16;/h4-5,7-8,15,17,19,21H,3,6,9-13H2,1-2H3;1H. The molecule has 0 saturated carbocycles. The fourth-order valence-electron chi connectivity index (χ4n) is 2.96. The number of hydrogen-bond donors (Lipinski definition) is 2. The Morgan fingerprint density at radius 3 is 2.65 bits per heavy atom. The number of nitrogens with zero attached hydrogens (tertiary/aromatic N) is 1. The van der Waals surface area contributed by atoms with Crippen molar-refractivity contribution >= 4 is 18.3 Å². The molecule has 0 aromatic heterocycles. The van der Waals surface area contributed by atoms with Crippen molar-refractivity contribution in [3.63, 3.8) is 0 Å². The summed E-state index contributed by atoms with van der Waals surface area (Å²) in [5, 5.41) is 13.7. The molecular formula is C18H29ClN2O2. The van der Waals surface area contributed by atoms with Crippen molar-refractivity contribution in [3.8, 4) is 0 Å². The zero-order valence-corrected chi connectivity index (χ0v) is 14.9. The molecular weight excluding hydrogens is 312 g/mol. The van der Waals surface area contributed by atoms with Crippen LogP contribution in [0.1, 0.15) is 43.4 Å². The predicted molar refractivity (Wildman–Crippen MR) is 95.9 cm³/mol. The van der Waals surface area contributed by atoms with E-state index in [0.717, 1.165) is 25.1 Å². The van der Waals surface area contributed by atoms with Crippen LogP contribution in [0.2, 0.25) is 0 Å². The molecule has 1 aromatic carbocycles. The molecule has 1 heterocycles. The molecule has 1 aromatic rings.